The average molecular weight is 365 g/mol. The number of nitrogens with zero attached hydrogens (tertiary/aromatic N) is 2. The van der Waals surface area contributed by atoms with Crippen LogP contribution in [0, 0.1) is 11.8 Å². The summed E-state index contributed by atoms with van der Waals surface area (Å²) in [7, 11) is -1.35. The molecule has 0 amide bonds. The van der Waals surface area contributed by atoms with E-state index in [9.17, 15) is 8.42 Å². The quantitative estimate of drug-likeness (QED) is 0.550. The van der Waals surface area contributed by atoms with E-state index in [1.165, 1.54) is 0 Å². The second-order valence-electron chi connectivity index (χ2n) is 6.08. The molecule has 0 atom stereocenters. The third kappa shape index (κ3) is 6.67. The maximum absolute atomic E-state index is 12.3. The Bertz CT molecular complexity index is 685. The molecule has 6 nitrogen and oxygen atoms in total. The number of hydrogen-bond acceptors (Lipinski definition) is 5. The van der Waals surface area contributed by atoms with Crippen LogP contribution in [0.5, 0.6) is 5.75 Å². The van der Waals surface area contributed by atoms with Gasteiger partial charge in [-0.3, -0.25) is 0 Å². The van der Waals surface area contributed by atoms with Gasteiger partial charge in [0.25, 0.3) is 0 Å². The highest BCUT2D eigenvalue weighted by atomic mass is 32.2. The van der Waals surface area contributed by atoms with E-state index in [2.05, 4.69) is 33.4 Å². The van der Waals surface area contributed by atoms with Crippen molar-refractivity contribution in [1.82, 2.24) is 14.5 Å². The molecule has 0 spiro atoms. The van der Waals surface area contributed by atoms with E-state index < -0.39 is 10.0 Å². The standard InChI is InChI=1S/C18H27N3O3S/c1-3-4-16-24-17-6-8-18(9-7-17)25(22,23)19-10-5-11-21-14-12-20(2)13-15-21/h6-9,19H,5,10-16H2,1-2H3. The molecule has 1 aliphatic rings. The lowest BCUT2D eigenvalue weighted by Gasteiger charge is -2.32. The Morgan fingerprint density at radius 1 is 1.16 bits per heavy atom. The van der Waals surface area contributed by atoms with Crippen LogP contribution in [0.2, 0.25) is 0 Å². The van der Waals surface area contributed by atoms with Crippen LogP contribution in [0.25, 0.3) is 0 Å². The number of likely N-dealkylation sites (N-methyl/N-ethyl adjacent to an activating group) is 1. The summed E-state index contributed by atoms with van der Waals surface area (Å²) in [6.07, 6.45) is 0.805. The van der Waals surface area contributed by atoms with Crippen molar-refractivity contribution in [3.8, 4) is 17.6 Å². The zero-order valence-electron chi connectivity index (χ0n) is 15.0. The Morgan fingerprint density at radius 2 is 1.84 bits per heavy atom. The highest BCUT2D eigenvalue weighted by Crippen LogP contribution is 2.15. The van der Waals surface area contributed by atoms with Crippen LogP contribution in [-0.4, -0.2) is 71.1 Å². The van der Waals surface area contributed by atoms with Crippen LogP contribution in [0.1, 0.15) is 13.3 Å². The number of piperazine rings is 1. The van der Waals surface area contributed by atoms with Gasteiger partial charge in [-0.2, -0.15) is 0 Å². The van der Waals surface area contributed by atoms with Gasteiger partial charge in [-0.25, -0.2) is 13.1 Å². The molecule has 0 bridgehead atoms. The van der Waals surface area contributed by atoms with Crippen molar-refractivity contribution in [2.24, 2.45) is 0 Å². The van der Waals surface area contributed by atoms with E-state index in [0.29, 0.717) is 18.9 Å². The molecule has 25 heavy (non-hydrogen) atoms. The molecular weight excluding hydrogens is 338 g/mol. The van der Waals surface area contributed by atoms with Crippen molar-refractivity contribution >= 4 is 10.0 Å². The Hall–Kier alpha value is -1.59. The number of benzene rings is 1. The van der Waals surface area contributed by atoms with Gasteiger partial charge in [-0.15, -0.1) is 5.92 Å². The van der Waals surface area contributed by atoms with Gasteiger partial charge in [0.2, 0.25) is 10.0 Å². The lowest BCUT2D eigenvalue weighted by atomic mass is 10.3. The fourth-order valence-electron chi connectivity index (χ4n) is 2.57. The average Bonchev–Trinajstić information content (AvgIpc) is 2.61. The van der Waals surface area contributed by atoms with E-state index >= 15 is 0 Å². The van der Waals surface area contributed by atoms with E-state index in [1.807, 2.05) is 0 Å². The molecule has 1 aromatic rings. The Kier molecular flexibility index (Phi) is 7.72. The van der Waals surface area contributed by atoms with E-state index in [0.717, 1.165) is 39.1 Å². The maximum atomic E-state index is 12.3. The Labute approximate surface area is 151 Å². The first-order chi connectivity index (χ1) is 12.0. The number of hydrogen-bond donors (Lipinski definition) is 1. The summed E-state index contributed by atoms with van der Waals surface area (Å²) in [6, 6.07) is 6.40. The molecular formula is C18H27N3O3S. The minimum absolute atomic E-state index is 0.251. The summed E-state index contributed by atoms with van der Waals surface area (Å²) < 4.78 is 32.7. The first kappa shape index (κ1) is 19.7. The number of rotatable bonds is 8. The van der Waals surface area contributed by atoms with Gasteiger partial charge >= 0.3 is 0 Å². The monoisotopic (exact) mass is 365 g/mol. The van der Waals surface area contributed by atoms with Crippen molar-refractivity contribution in [2.75, 3.05) is 52.9 Å². The Balaban J connectivity index is 1.75. The molecule has 0 saturated carbocycles. The largest absolute Gasteiger partial charge is 0.481 e. The predicted octanol–water partition coefficient (Wildman–Crippen LogP) is 1.00. The van der Waals surface area contributed by atoms with Crippen molar-refractivity contribution < 1.29 is 13.2 Å². The summed E-state index contributed by atoms with van der Waals surface area (Å²) in [5, 5.41) is 0. The van der Waals surface area contributed by atoms with Gasteiger partial charge < -0.3 is 14.5 Å². The Morgan fingerprint density at radius 3 is 2.48 bits per heavy atom. The van der Waals surface area contributed by atoms with E-state index in [4.69, 9.17) is 4.74 Å². The van der Waals surface area contributed by atoms with Gasteiger partial charge in [0.15, 0.2) is 0 Å². The van der Waals surface area contributed by atoms with Crippen LogP contribution >= 0.6 is 0 Å². The van der Waals surface area contributed by atoms with Gasteiger partial charge in [-0.05, 0) is 51.2 Å². The molecule has 0 aromatic heterocycles. The van der Waals surface area contributed by atoms with Crippen molar-refractivity contribution in [3.05, 3.63) is 24.3 Å². The third-order valence-corrected chi connectivity index (χ3v) is 5.64. The number of sulfonamides is 1. The van der Waals surface area contributed by atoms with Crippen LogP contribution in [0.3, 0.4) is 0 Å². The normalized spacial score (nSPS) is 16.2. The lowest BCUT2D eigenvalue weighted by molar-refractivity contribution is 0.153. The van der Waals surface area contributed by atoms with Gasteiger partial charge in [-0.1, -0.05) is 5.92 Å². The summed E-state index contributed by atoms with van der Waals surface area (Å²) in [6.45, 7) is 7.65. The fourth-order valence-corrected chi connectivity index (χ4v) is 3.64. The maximum Gasteiger partial charge on any atom is 0.240 e. The van der Waals surface area contributed by atoms with Crippen LogP contribution in [0.15, 0.2) is 29.2 Å². The van der Waals surface area contributed by atoms with Gasteiger partial charge in [0.05, 0.1) is 4.90 Å². The second kappa shape index (κ2) is 9.78. The second-order valence-corrected chi connectivity index (χ2v) is 7.85. The smallest absolute Gasteiger partial charge is 0.240 e. The molecule has 1 aliphatic heterocycles. The minimum atomic E-state index is -3.47. The van der Waals surface area contributed by atoms with Crippen molar-refractivity contribution in [3.63, 3.8) is 0 Å². The third-order valence-electron chi connectivity index (χ3n) is 4.16. The first-order valence-electron chi connectivity index (χ1n) is 8.54. The summed E-state index contributed by atoms with van der Waals surface area (Å²) in [4.78, 5) is 4.93. The molecule has 1 heterocycles. The summed E-state index contributed by atoms with van der Waals surface area (Å²) >= 11 is 0. The molecule has 1 saturated heterocycles. The molecule has 0 unspecified atom stereocenters. The summed E-state index contributed by atoms with van der Waals surface area (Å²) in [5.74, 6) is 6.15. The molecule has 1 N–H and O–H groups in total. The fraction of sp³-hybridized carbons (Fsp3) is 0.556. The molecule has 0 radical (unpaired) electrons. The highest BCUT2D eigenvalue weighted by Gasteiger charge is 2.15. The lowest BCUT2D eigenvalue weighted by Crippen LogP contribution is -2.45. The zero-order valence-corrected chi connectivity index (χ0v) is 15.8. The molecule has 1 aromatic carbocycles. The molecule has 7 heteroatoms. The van der Waals surface area contributed by atoms with Gasteiger partial charge in [0, 0.05) is 32.7 Å². The van der Waals surface area contributed by atoms with E-state index in [1.54, 1.807) is 31.2 Å². The topological polar surface area (TPSA) is 61.9 Å². The molecule has 2 rings (SSSR count). The van der Waals surface area contributed by atoms with Crippen molar-refractivity contribution in [1.29, 1.82) is 0 Å². The van der Waals surface area contributed by atoms with Crippen LogP contribution in [-0.2, 0) is 10.0 Å². The molecule has 0 aliphatic carbocycles. The highest BCUT2D eigenvalue weighted by molar-refractivity contribution is 7.89. The zero-order chi connectivity index (χ0) is 18.1. The van der Waals surface area contributed by atoms with Gasteiger partial charge in [0.1, 0.15) is 12.4 Å². The minimum Gasteiger partial charge on any atom is -0.481 e. The molecule has 1 fully saturated rings. The number of nitrogens with one attached hydrogen (secondary N) is 1. The van der Waals surface area contributed by atoms with Crippen LogP contribution < -0.4 is 9.46 Å². The molecule has 138 valence electrons. The predicted molar refractivity (Wildman–Crippen MR) is 99.1 cm³/mol. The summed E-state index contributed by atoms with van der Waals surface area (Å²) in [5.41, 5.74) is 0. The first-order valence-corrected chi connectivity index (χ1v) is 10.0. The van der Waals surface area contributed by atoms with Crippen LogP contribution in [0.4, 0.5) is 0 Å². The number of ether oxygens (including phenoxy) is 1. The van der Waals surface area contributed by atoms with Crippen molar-refractivity contribution in [2.45, 2.75) is 18.2 Å². The SMILES string of the molecule is CC#CCOc1ccc(S(=O)(=O)NCCCN2CCN(C)CC2)cc1. The van der Waals surface area contributed by atoms with E-state index in [-0.39, 0.29) is 4.90 Å².